The molecule has 0 saturated heterocycles. The summed E-state index contributed by atoms with van der Waals surface area (Å²) in [4.78, 5) is 0. The van der Waals surface area contributed by atoms with E-state index in [2.05, 4.69) is 19.2 Å². The number of phenolic OH excluding ortho intramolecular Hbond substituents is 1. The molecule has 1 aliphatic carbocycles. The van der Waals surface area contributed by atoms with Crippen molar-refractivity contribution in [2.45, 2.75) is 52.1 Å². The molecule has 0 spiro atoms. The van der Waals surface area contributed by atoms with Crippen LogP contribution in [0.2, 0.25) is 0 Å². The first-order valence-corrected chi connectivity index (χ1v) is 6.64. The molecule has 0 radical (unpaired) electrons. The van der Waals surface area contributed by atoms with Crippen LogP contribution in [0.25, 0.3) is 0 Å². The molecule has 1 aromatic carbocycles. The van der Waals surface area contributed by atoms with Crippen molar-refractivity contribution in [3.05, 3.63) is 29.6 Å². The Morgan fingerprint density at radius 3 is 2.72 bits per heavy atom. The molecule has 1 aliphatic rings. The smallest absolute Gasteiger partial charge is 0.126 e. The number of aromatic hydroxyl groups is 1. The van der Waals surface area contributed by atoms with E-state index in [1.807, 2.05) is 6.92 Å². The third kappa shape index (κ3) is 2.66. The highest BCUT2D eigenvalue weighted by Gasteiger charge is 2.35. The van der Waals surface area contributed by atoms with Crippen molar-refractivity contribution in [2.24, 2.45) is 5.41 Å². The van der Waals surface area contributed by atoms with E-state index in [0.717, 1.165) is 5.56 Å². The molecular formula is C15H22FNO. The topological polar surface area (TPSA) is 32.3 Å². The van der Waals surface area contributed by atoms with Crippen molar-refractivity contribution in [1.82, 2.24) is 5.32 Å². The Morgan fingerprint density at radius 2 is 2.17 bits per heavy atom. The predicted molar refractivity (Wildman–Crippen MR) is 71.0 cm³/mol. The van der Waals surface area contributed by atoms with E-state index in [1.165, 1.54) is 31.4 Å². The number of hydrogen-bond donors (Lipinski definition) is 2. The maximum Gasteiger partial charge on any atom is 0.126 e. The molecule has 1 saturated carbocycles. The lowest BCUT2D eigenvalue weighted by atomic mass is 9.86. The highest BCUT2D eigenvalue weighted by Crippen LogP contribution is 2.38. The molecule has 2 rings (SSSR count). The summed E-state index contributed by atoms with van der Waals surface area (Å²) in [5, 5.41) is 13.3. The number of halogens is 1. The normalized spacial score (nSPS) is 24.1. The summed E-state index contributed by atoms with van der Waals surface area (Å²) < 4.78 is 13.0. The summed E-state index contributed by atoms with van der Waals surface area (Å²) >= 11 is 0. The number of hydrogen-bond acceptors (Lipinski definition) is 2. The van der Waals surface area contributed by atoms with E-state index >= 15 is 0 Å². The van der Waals surface area contributed by atoms with Gasteiger partial charge in [0, 0.05) is 23.7 Å². The fraction of sp³-hybridized carbons (Fsp3) is 0.600. The zero-order valence-corrected chi connectivity index (χ0v) is 11.3. The van der Waals surface area contributed by atoms with Gasteiger partial charge in [-0.05, 0) is 31.2 Å². The van der Waals surface area contributed by atoms with Crippen LogP contribution in [0.1, 0.15) is 51.6 Å². The van der Waals surface area contributed by atoms with Gasteiger partial charge in [-0.1, -0.05) is 26.3 Å². The maximum absolute atomic E-state index is 13.0. The molecule has 2 atom stereocenters. The fourth-order valence-electron chi connectivity index (χ4n) is 2.91. The van der Waals surface area contributed by atoms with Crippen molar-refractivity contribution in [1.29, 1.82) is 0 Å². The molecule has 2 nitrogen and oxygen atoms in total. The summed E-state index contributed by atoms with van der Waals surface area (Å²) in [5.41, 5.74) is 1.06. The molecule has 0 aromatic heterocycles. The van der Waals surface area contributed by atoms with E-state index in [4.69, 9.17) is 0 Å². The summed E-state index contributed by atoms with van der Waals surface area (Å²) in [5.74, 6) is -0.365. The van der Waals surface area contributed by atoms with Gasteiger partial charge in [0.1, 0.15) is 11.6 Å². The summed E-state index contributed by atoms with van der Waals surface area (Å²) in [6.45, 7) is 6.56. The second kappa shape index (κ2) is 4.88. The van der Waals surface area contributed by atoms with E-state index in [0.29, 0.717) is 11.5 Å². The van der Waals surface area contributed by atoms with Gasteiger partial charge in [0.25, 0.3) is 0 Å². The summed E-state index contributed by atoms with van der Waals surface area (Å²) in [6, 6.07) is 4.72. The quantitative estimate of drug-likeness (QED) is 0.857. The van der Waals surface area contributed by atoms with Crippen LogP contribution in [0.3, 0.4) is 0 Å². The van der Waals surface area contributed by atoms with Gasteiger partial charge in [-0.3, -0.25) is 0 Å². The zero-order valence-electron chi connectivity index (χ0n) is 11.3. The predicted octanol–water partition coefficient (Wildman–Crippen LogP) is 3.76. The minimum Gasteiger partial charge on any atom is -0.508 e. The van der Waals surface area contributed by atoms with Crippen LogP contribution in [0.15, 0.2) is 18.2 Å². The van der Waals surface area contributed by atoms with Crippen molar-refractivity contribution >= 4 is 0 Å². The number of nitrogens with one attached hydrogen (secondary N) is 1. The largest absolute Gasteiger partial charge is 0.508 e. The van der Waals surface area contributed by atoms with Crippen molar-refractivity contribution in [2.75, 3.05) is 0 Å². The van der Waals surface area contributed by atoms with E-state index in [-0.39, 0.29) is 11.8 Å². The van der Waals surface area contributed by atoms with Crippen LogP contribution in [0.4, 0.5) is 4.39 Å². The average Bonchev–Trinajstić information content (AvgIpc) is 2.58. The van der Waals surface area contributed by atoms with Gasteiger partial charge in [-0.2, -0.15) is 0 Å². The number of benzene rings is 1. The molecule has 0 amide bonds. The molecule has 3 heteroatoms. The minimum absolute atomic E-state index is 0.0332. The summed E-state index contributed by atoms with van der Waals surface area (Å²) in [7, 11) is 0. The molecule has 2 N–H and O–H groups in total. The number of phenols is 1. The van der Waals surface area contributed by atoms with E-state index in [9.17, 15) is 9.50 Å². The molecule has 1 fully saturated rings. The summed E-state index contributed by atoms with van der Waals surface area (Å²) in [6.07, 6.45) is 3.64. The van der Waals surface area contributed by atoms with Crippen LogP contribution in [0.5, 0.6) is 5.75 Å². The number of rotatable bonds is 3. The highest BCUT2D eigenvalue weighted by atomic mass is 19.1. The molecule has 0 heterocycles. The van der Waals surface area contributed by atoms with Crippen LogP contribution in [0, 0.1) is 11.2 Å². The van der Waals surface area contributed by atoms with Crippen molar-refractivity contribution in [3.63, 3.8) is 0 Å². The SMILES string of the molecule is CC(NC1CCCC1(C)C)c1ccc(F)cc1O. The first-order valence-electron chi connectivity index (χ1n) is 6.64. The van der Waals surface area contributed by atoms with Crippen LogP contribution in [-0.2, 0) is 0 Å². The zero-order chi connectivity index (χ0) is 13.3. The molecule has 1 aromatic rings. The molecule has 100 valence electrons. The molecule has 2 unspecified atom stereocenters. The van der Waals surface area contributed by atoms with Crippen LogP contribution >= 0.6 is 0 Å². The monoisotopic (exact) mass is 251 g/mol. The Morgan fingerprint density at radius 1 is 1.44 bits per heavy atom. The second-order valence-corrected chi connectivity index (χ2v) is 6.02. The lowest BCUT2D eigenvalue weighted by Crippen LogP contribution is -2.39. The van der Waals surface area contributed by atoms with Crippen LogP contribution in [-0.4, -0.2) is 11.1 Å². The van der Waals surface area contributed by atoms with Gasteiger partial charge >= 0.3 is 0 Å². The lowest BCUT2D eigenvalue weighted by Gasteiger charge is -2.31. The Balaban J connectivity index is 2.10. The van der Waals surface area contributed by atoms with Gasteiger partial charge in [0.15, 0.2) is 0 Å². The third-order valence-corrected chi connectivity index (χ3v) is 4.17. The van der Waals surface area contributed by atoms with Crippen LogP contribution < -0.4 is 5.32 Å². The van der Waals surface area contributed by atoms with Gasteiger partial charge in [-0.25, -0.2) is 4.39 Å². The molecule has 0 aliphatic heterocycles. The molecule has 0 bridgehead atoms. The Hall–Kier alpha value is -1.09. The van der Waals surface area contributed by atoms with Crippen molar-refractivity contribution in [3.8, 4) is 5.75 Å². The van der Waals surface area contributed by atoms with E-state index in [1.54, 1.807) is 6.07 Å². The lowest BCUT2D eigenvalue weighted by molar-refractivity contribution is 0.265. The Kier molecular flexibility index (Phi) is 3.62. The first kappa shape index (κ1) is 13.3. The molecule has 18 heavy (non-hydrogen) atoms. The van der Waals surface area contributed by atoms with Gasteiger partial charge in [0.05, 0.1) is 0 Å². The maximum atomic E-state index is 13.0. The van der Waals surface area contributed by atoms with Gasteiger partial charge in [0.2, 0.25) is 0 Å². The average molecular weight is 251 g/mol. The molecular weight excluding hydrogens is 229 g/mol. The standard InChI is InChI=1S/C15H22FNO/c1-10(12-7-6-11(16)9-13(12)18)17-14-5-4-8-15(14,2)3/h6-7,9-10,14,17-18H,4-5,8H2,1-3H3. The highest BCUT2D eigenvalue weighted by molar-refractivity contribution is 5.35. The fourth-order valence-corrected chi connectivity index (χ4v) is 2.91. The Labute approximate surface area is 108 Å². The van der Waals surface area contributed by atoms with Crippen molar-refractivity contribution < 1.29 is 9.50 Å². The van der Waals surface area contributed by atoms with Gasteiger partial charge < -0.3 is 10.4 Å². The first-order chi connectivity index (χ1) is 8.40. The minimum atomic E-state index is -0.398. The Bertz CT molecular complexity index is 431. The third-order valence-electron chi connectivity index (χ3n) is 4.17. The van der Waals surface area contributed by atoms with E-state index < -0.39 is 5.82 Å². The van der Waals surface area contributed by atoms with Gasteiger partial charge in [-0.15, -0.1) is 0 Å². The second-order valence-electron chi connectivity index (χ2n) is 6.02.